The van der Waals surface area contributed by atoms with Crippen molar-refractivity contribution >= 4 is 0 Å². The van der Waals surface area contributed by atoms with Crippen LogP contribution in [0.1, 0.15) is 40.0 Å². The molecule has 0 saturated carbocycles. The Kier molecular flexibility index (Phi) is 7.17. The van der Waals surface area contributed by atoms with Gasteiger partial charge in [-0.3, -0.25) is 0 Å². The summed E-state index contributed by atoms with van der Waals surface area (Å²) in [7, 11) is 1.78. The predicted octanol–water partition coefficient (Wildman–Crippen LogP) is 1.15. The van der Waals surface area contributed by atoms with Gasteiger partial charge >= 0.3 is 0 Å². The number of nitrogens with zero attached hydrogens (tertiary/aromatic N) is 1. The average molecular weight is 214 g/mol. The van der Waals surface area contributed by atoms with Crippen LogP contribution in [0.3, 0.4) is 0 Å². The SMILES string of the molecule is CC.CC1CCCC(/C(N)=C/N(C)N)N1. The zero-order valence-electron chi connectivity index (χ0n) is 10.5. The number of rotatable bonds is 2. The molecular formula is C11H26N4. The topological polar surface area (TPSA) is 67.3 Å². The molecule has 1 aliphatic rings. The van der Waals surface area contributed by atoms with E-state index in [4.69, 9.17) is 11.6 Å². The smallest absolute Gasteiger partial charge is 0.0484 e. The summed E-state index contributed by atoms with van der Waals surface area (Å²) in [6, 6.07) is 0.864. The summed E-state index contributed by atoms with van der Waals surface area (Å²) in [5.74, 6) is 5.48. The van der Waals surface area contributed by atoms with Gasteiger partial charge in [0.2, 0.25) is 0 Å². The van der Waals surface area contributed by atoms with Crippen molar-refractivity contribution in [1.82, 2.24) is 10.3 Å². The number of hydrogen-bond donors (Lipinski definition) is 3. The van der Waals surface area contributed by atoms with E-state index in [0.29, 0.717) is 12.1 Å². The molecule has 0 radical (unpaired) electrons. The number of hydrazine groups is 1. The van der Waals surface area contributed by atoms with Crippen LogP contribution in [0.2, 0.25) is 0 Å². The van der Waals surface area contributed by atoms with Crippen molar-refractivity contribution in [1.29, 1.82) is 0 Å². The average Bonchev–Trinajstić information content (AvgIpc) is 2.20. The van der Waals surface area contributed by atoms with E-state index < -0.39 is 0 Å². The quantitative estimate of drug-likeness (QED) is 0.476. The predicted molar refractivity (Wildman–Crippen MR) is 65.8 cm³/mol. The molecule has 90 valence electrons. The maximum atomic E-state index is 5.89. The van der Waals surface area contributed by atoms with E-state index in [1.807, 2.05) is 13.8 Å². The van der Waals surface area contributed by atoms with Crippen LogP contribution in [-0.4, -0.2) is 24.1 Å². The molecule has 4 nitrogen and oxygen atoms in total. The fraction of sp³-hybridized carbons (Fsp3) is 0.818. The molecule has 2 unspecified atom stereocenters. The van der Waals surface area contributed by atoms with Crippen molar-refractivity contribution in [2.24, 2.45) is 11.6 Å². The Hall–Kier alpha value is -0.740. The standard InChI is InChI=1S/C9H20N4.C2H6/c1-7-4-3-5-9(12-7)8(10)6-13(2)11;1-2/h6-7,9,12H,3-5,10-11H2,1-2H3;1-2H3/b8-6-;. The van der Waals surface area contributed by atoms with E-state index >= 15 is 0 Å². The Bertz CT molecular complexity index is 189. The van der Waals surface area contributed by atoms with Crippen LogP contribution < -0.4 is 16.9 Å². The first-order chi connectivity index (χ1) is 7.09. The van der Waals surface area contributed by atoms with Gasteiger partial charge in [-0.1, -0.05) is 13.8 Å². The first-order valence-electron chi connectivity index (χ1n) is 5.80. The summed E-state index contributed by atoms with van der Waals surface area (Å²) in [4.78, 5) is 0. The number of nitrogens with one attached hydrogen (secondary N) is 1. The maximum absolute atomic E-state index is 5.89. The van der Waals surface area contributed by atoms with Crippen LogP contribution >= 0.6 is 0 Å². The van der Waals surface area contributed by atoms with Crippen LogP contribution in [0.4, 0.5) is 0 Å². The zero-order valence-corrected chi connectivity index (χ0v) is 10.5. The maximum Gasteiger partial charge on any atom is 0.0484 e. The Labute approximate surface area is 93.7 Å². The highest BCUT2D eigenvalue weighted by Crippen LogP contribution is 2.15. The van der Waals surface area contributed by atoms with Gasteiger partial charge in [0.15, 0.2) is 0 Å². The first kappa shape index (κ1) is 14.3. The Morgan fingerprint density at radius 1 is 1.40 bits per heavy atom. The molecule has 1 saturated heterocycles. The molecule has 15 heavy (non-hydrogen) atoms. The van der Waals surface area contributed by atoms with Gasteiger partial charge in [-0.15, -0.1) is 0 Å². The summed E-state index contributed by atoms with van der Waals surface area (Å²) >= 11 is 0. The van der Waals surface area contributed by atoms with Gasteiger partial charge < -0.3 is 16.1 Å². The van der Waals surface area contributed by atoms with Gasteiger partial charge in [0, 0.05) is 31.0 Å². The summed E-state index contributed by atoms with van der Waals surface area (Å²) in [5.41, 5.74) is 6.72. The molecular weight excluding hydrogens is 188 g/mol. The van der Waals surface area contributed by atoms with Gasteiger partial charge in [0.1, 0.15) is 0 Å². The molecule has 1 rings (SSSR count). The third-order valence-corrected chi connectivity index (χ3v) is 2.37. The third kappa shape index (κ3) is 5.64. The lowest BCUT2D eigenvalue weighted by molar-refractivity contribution is 0.356. The van der Waals surface area contributed by atoms with Gasteiger partial charge in [0.25, 0.3) is 0 Å². The second-order valence-corrected chi connectivity index (χ2v) is 3.85. The van der Waals surface area contributed by atoms with E-state index in [1.54, 1.807) is 13.2 Å². The van der Waals surface area contributed by atoms with Crippen molar-refractivity contribution < 1.29 is 0 Å². The largest absolute Gasteiger partial charge is 0.400 e. The van der Waals surface area contributed by atoms with E-state index in [-0.39, 0.29) is 0 Å². The minimum Gasteiger partial charge on any atom is -0.400 e. The number of piperidine rings is 1. The van der Waals surface area contributed by atoms with Crippen molar-refractivity contribution in [3.63, 3.8) is 0 Å². The molecule has 5 N–H and O–H groups in total. The molecule has 2 atom stereocenters. The molecule has 4 heteroatoms. The van der Waals surface area contributed by atoms with E-state index in [2.05, 4.69) is 12.2 Å². The number of hydrogen-bond acceptors (Lipinski definition) is 4. The molecule has 0 bridgehead atoms. The summed E-state index contributed by atoms with van der Waals surface area (Å²) < 4.78 is 0. The van der Waals surface area contributed by atoms with Crippen molar-refractivity contribution in [2.45, 2.75) is 52.1 Å². The molecule has 0 aromatic heterocycles. The summed E-state index contributed by atoms with van der Waals surface area (Å²) in [6.07, 6.45) is 5.36. The highest BCUT2D eigenvalue weighted by Gasteiger charge is 2.19. The lowest BCUT2D eigenvalue weighted by Crippen LogP contribution is -2.44. The van der Waals surface area contributed by atoms with Crippen LogP contribution in [0.25, 0.3) is 0 Å². The van der Waals surface area contributed by atoms with Crippen molar-refractivity contribution in [2.75, 3.05) is 7.05 Å². The molecule has 0 aliphatic carbocycles. The normalized spacial score (nSPS) is 26.6. The minimum absolute atomic E-state index is 0.301. The first-order valence-corrected chi connectivity index (χ1v) is 5.80. The Balaban J connectivity index is 0.000000921. The molecule has 0 aromatic carbocycles. The fourth-order valence-corrected chi connectivity index (χ4v) is 1.73. The molecule has 0 aromatic rings. The summed E-state index contributed by atoms with van der Waals surface area (Å²) in [5, 5.41) is 4.94. The highest BCUT2D eigenvalue weighted by molar-refractivity contribution is 5.06. The lowest BCUT2D eigenvalue weighted by atomic mass is 9.98. The Morgan fingerprint density at radius 3 is 2.47 bits per heavy atom. The van der Waals surface area contributed by atoms with Crippen LogP contribution in [0, 0.1) is 0 Å². The second kappa shape index (κ2) is 7.54. The van der Waals surface area contributed by atoms with Crippen LogP contribution in [0.15, 0.2) is 11.9 Å². The van der Waals surface area contributed by atoms with Gasteiger partial charge in [-0.05, 0) is 26.2 Å². The third-order valence-electron chi connectivity index (χ3n) is 2.37. The molecule has 1 aliphatic heterocycles. The van der Waals surface area contributed by atoms with E-state index in [0.717, 1.165) is 12.1 Å². The van der Waals surface area contributed by atoms with E-state index in [9.17, 15) is 0 Å². The van der Waals surface area contributed by atoms with Crippen molar-refractivity contribution in [3.05, 3.63) is 11.9 Å². The minimum atomic E-state index is 0.301. The molecule has 0 spiro atoms. The lowest BCUT2D eigenvalue weighted by Gasteiger charge is -2.29. The van der Waals surface area contributed by atoms with Crippen molar-refractivity contribution in [3.8, 4) is 0 Å². The van der Waals surface area contributed by atoms with Gasteiger partial charge in [-0.2, -0.15) is 0 Å². The Morgan fingerprint density at radius 2 is 2.00 bits per heavy atom. The monoisotopic (exact) mass is 214 g/mol. The fourth-order valence-electron chi connectivity index (χ4n) is 1.73. The van der Waals surface area contributed by atoms with Crippen LogP contribution in [0.5, 0.6) is 0 Å². The zero-order chi connectivity index (χ0) is 11.8. The molecule has 1 fully saturated rings. The van der Waals surface area contributed by atoms with E-state index in [1.165, 1.54) is 17.9 Å². The van der Waals surface area contributed by atoms with Crippen LogP contribution in [-0.2, 0) is 0 Å². The van der Waals surface area contributed by atoms with Gasteiger partial charge in [0.05, 0.1) is 0 Å². The second-order valence-electron chi connectivity index (χ2n) is 3.85. The van der Waals surface area contributed by atoms with Gasteiger partial charge in [-0.25, -0.2) is 5.84 Å². The number of nitrogens with two attached hydrogens (primary N) is 2. The molecule has 1 heterocycles. The highest BCUT2D eigenvalue weighted by atomic mass is 15.4. The molecule has 0 amide bonds. The summed E-state index contributed by atoms with van der Waals surface area (Å²) in [6.45, 7) is 6.19.